The SMILES string of the molecule is CN1CCC(Oc2cnc(C#N)cn2)CC1. The molecule has 0 spiro atoms. The molecular weight excluding hydrogens is 204 g/mol. The number of hydrogen-bond donors (Lipinski definition) is 0. The third kappa shape index (κ3) is 2.67. The molecule has 2 rings (SSSR count). The van der Waals surface area contributed by atoms with E-state index in [0.717, 1.165) is 25.9 Å². The van der Waals surface area contributed by atoms with Gasteiger partial charge in [0.15, 0.2) is 5.69 Å². The zero-order valence-electron chi connectivity index (χ0n) is 9.26. The van der Waals surface area contributed by atoms with Crippen LogP contribution in [0.1, 0.15) is 18.5 Å². The molecule has 0 N–H and O–H groups in total. The number of aromatic nitrogens is 2. The number of likely N-dealkylation sites (tertiary alicyclic amines) is 1. The molecule has 1 aromatic rings. The Balaban J connectivity index is 1.91. The number of piperidine rings is 1. The lowest BCUT2D eigenvalue weighted by Crippen LogP contribution is -2.35. The Bertz CT molecular complexity index is 376. The second kappa shape index (κ2) is 4.90. The molecule has 5 nitrogen and oxygen atoms in total. The fourth-order valence-electron chi connectivity index (χ4n) is 1.71. The average Bonchev–Trinajstić information content (AvgIpc) is 2.33. The van der Waals surface area contributed by atoms with E-state index in [1.165, 1.54) is 12.4 Å². The summed E-state index contributed by atoms with van der Waals surface area (Å²) in [6, 6.07) is 1.93. The van der Waals surface area contributed by atoms with Crippen molar-refractivity contribution in [2.45, 2.75) is 18.9 Å². The van der Waals surface area contributed by atoms with Crippen LogP contribution in [0.25, 0.3) is 0 Å². The van der Waals surface area contributed by atoms with Crippen LogP contribution in [-0.2, 0) is 0 Å². The van der Waals surface area contributed by atoms with Crippen molar-refractivity contribution in [3.05, 3.63) is 18.1 Å². The van der Waals surface area contributed by atoms with E-state index < -0.39 is 0 Å². The Morgan fingerprint density at radius 3 is 2.69 bits per heavy atom. The highest BCUT2D eigenvalue weighted by Gasteiger charge is 2.18. The highest BCUT2D eigenvalue weighted by molar-refractivity contribution is 5.18. The number of rotatable bonds is 2. The van der Waals surface area contributed by atoms with Crippen LogP contribution in [0, 0.1) is 11.3 Å². The van der Waals surface area contributed by atoms with Gasteiger partial charge in [-0.15, -0.1) is 0 Å². The van der Waals surface area contributed by atoms with Crippen LogP contribution in [-0.4, -0.2) is 41.1 Å². The molecule has 0 bridgehead atoms. The number of ether oxygens (including phenoxy) is 1. The maximum atomic E-state index is 8.58. The molecule has 1 fully saturated rings. The largest absolute Gasteiger partial charge is 0.473 e. The monoisotopic (exact) mass is 218 g/mol. The summed E-state index contributed by atoms with van der Waals surface area (Å²) in [6.07, 6.45) is 5.19. The Labute approximate surface area is 94.7 Å². The fraction of sp³-hybridized carbons (Fsp3) is 0.545. The van der Waals surface area contributed by atoms with Crippen molar-refractivity contribution in [2.24, 2.45) is 0 Å². The Kier molecular flexibility index (Phi) is 3.32. The second-order valence-corrected chi connectivity index (χ2v) is 3.97. The van der Waals surface area contributed by atoms with Crippen LogP contribution in [0.4, 0.5) is 0 Å². The van der Waals surface area contributed by atoms with Gasteiger partial charge in [0.25, 0.3) is 0 Å². The van der Waals surface area contributed by atoms with Gasteiger partial charge in [0.05, 0.1) is 12.4 Å². The van der Waals surface area contributed by atoms with E-state index in [1.54, 1.807) is 0 Å². The molecule has 0 amide bonds. The highest BCUT2D eigenvalue weighted by Crippen LogP contribution is 2.15. The number of hydrogen-bond acceptors (Lipinski definition) is 5. The lowest BCUT2D eigenvalue weighted by atomic mass is 10.1. The molecule has 1 saturated heterocycles. The summed E-state index contributed by atoms with van der Waals surface area (Å²) >= 11 is 0. The maximum absolute atomic E-state index is 8.58. The van der Waals surface area contributed by atoms with Gasteiger partial charge in [-0.25, -0.2) is 9.97 Å². The van der Waals surface area contributed by atoms with Crippen LogP contribution in [0.5, 0.6) is 5.88 Å². The van der Waals surface area contributed by atoms with E-state index >= 15 is 0 Å². The summed E-state index contributed by atoms with van der Waals surface area (Å²) in [5, 5.41) is 8.58. The van der Waals surface area contributed by atoms with Gasteiger partial charge in [0.2, 0.25) is 5.88 Å². The minimum atomic E-state index is 0.221. The molecule has 2 heterocycles. The smallest absolute Gasteiger partial charge is 0.232 e. The van der Waals surface area contributed by atoms with Crippen molar-refractivity contribution < 1.29 is 4.74 Å². The maximum Gasteiger partial charge on any atom is 0.232 e. The fourth-order valence-corrected chi connectivity index (χ4v) is 1.71. The molecule has 0 radical (unpaired) electrons. The van der Waals surface area contributed by atoms with Crippen molar-refractivity contribution in [1.29, 1.82) is 5.26 Å². The topological polar surface area (TPSA) is 62.0 Å². The summed E-state index contributed by atoms with van der Waals surface area (Å²) < 4.78 is 5.69. The minimum Gasteiger partial charge on any atom is -0.473 e. The standard InChI is InChI=1S/C11H14N4O/c1-15-4-2-10(3-5-15)16-11-8-13-9(6-12)7-14-11/h7-8,10H,2-5H2,1H3. The molecule has 16 heavy (non-hydrogen) atoms. The molecule has 1 aliphatic heterocycles. The van der Waals surface area contributed by atoms with Gasteiger partial charge < -0.3 is 9.64 Å². The first-order chi connectivity index (χ1) is 7.78. The normalized spacial score (nSPS) is 18.0. The zero-order valence-corrected chi connectivity index (χ0v) is 9.26. The first-order valence-electron chi connectivity index (χ1n) is 5.35. The van der Waals surface area contributed by atoms with Gasteiger partial charge in [-0.2, -0.15) is 5.26 Å². The van der Waals surface area contributed by atoms with E-state index in [-0.39, 0.29) is 6.10 Å². The summed E-state index contributed by atoms with van der Waals surface area (Å²) in [7, 11) is 2.11. The predicted molar refractivity (Wildman–Crippen MR) is 57.9 cm³/mol. The molecule has 0 aliphatic carbocycles. The lowest BCUT2D eigenvalue weighted by molar-refractivity contribution is 0.109. The zero-order chi connectivity index (χ0) is 11.4. The van der Waals surface area contributed by atoms with Crippen molar-refractivity contribution in [2.75, 3.05) is 20.1 Å². The van der Waals surface area contributed by atoms with E-state index in [9.17, 15) is 0 Å². The van der Waals surface area contributed by atoms with Gasteiger partial charge in [-0.3, -0.25) is 0 Å². The van der Waals surface area contributed by atoms with Crippen molar-refractivity contribution in [3.8, 4) is 11.9 Å². The van der Waals surface area contributed by atoms with Crippen molar-refractivity contribution in [3.63, 3.8) is 0 Å². The Hall–Kier alpha value is -1.67. The van der Waals surface area contributed by atoms with E-state index in [0.29, 0.717) is 11.6 Å². The van der Waals surface area contributed by atoms with Gasteiger partial charge >= 0.3 is 0 Å². The van der Waals surface area contributed by atoms with Crippen LogP contribution in [0.3, 0.4) is 0 Å². The lowest BCUT2D eigenvalue weighted by Gasteiger charge is -2.28. The molecule has 0 unspecified atom stereocenters. The van der Waals surface area contributed by atoms with Gasteiger partial charge in [0.1, 0.15) is 12.2 Å². The van der Waals surface area contributed by atoms with Crippen LogP contribution >= 0.6 is 0 Å². The number of nitriles is 1. The molecule has 5 heteroatoms. The molecular formula is C11H14N4O. The summed E-state index contributed by atoms with van der Waals surface area (Å²) in [6.45, 7) is 2.10. The van der Waals surface area contributed by atoms with Crippen LogP contribution in [0.15, 0.2) is 12.4 Å². The third-order valence-corrected chi connectivity index (χ3v) is 2.70. The third-order valence-electron chi connectivity index (χ3n) is 2.70. The quantitative estimate of drug-likeness (QED) is 0.735. The van der Waals surface area contributed by atoms with Crippen LogP contribution < -0.4 is 4.74 Å². The molecule has 1 aliphatic rings. The Morgan fingerprint density at radius 1 is 1.38 bits per heavy atom. The van der Waals surface area contributed by atoms with Crippen LogP contribution in [0.2, 0.25) is 0 Å². The van der Waals surface area contributed by atoms with Crippen molar-refractivity contribution in [1.82, 2.24) is 14.9 Å². The summed E-state index contributed by atoms with van der Waals surface area (Å²) in [5.74, 6) is 0.508. The minimum absolute atomic E-state index is 0.221. The first kappa shape index (κ1) is 10.8. The van der Waals surface area contributed by atoms with Gasteiger partial charge in [-0.05, 0) is 19.9 Å². The Morgan fingerprint density at radius 2 is 2.12 bits per heavy atom. The number of nitrogens with zero attached hydrogens (tertiary/aromatic N) is 4. The van der Waals surface area contributed by atoms with E-state index in [4.69, 9.17) is 10.00 Å². The predicted octanol–water partition coefficient (Wildman–Crippen LogP) is 0.821. The van der Waals surface area contributed by atoms with E-state index in [1.807, 2.05) is 6.07 Å². The van der Waals surface area contributed by atoms with Gasteiger partial charge in [-0.1, -0.05) is 0 Å². The van der Waals surface area contributed by atoms with Gasteiger partial charge in [0, 0.05) is 13.1 Å². The summed E-state index contributed by atoms with van der Waals surface area (Å²) in [5.41, 5.74) is 0.315. The first-order valence-corrected chi connectivity index (χ1v) is 5.35. The summed E-state index contributed by atoms with van der Waals surface area (Å²) in [4.78, 5) is 10.2. The molecule has 1 aromatic heterocycles. The molecule has 0 aromatic carbocycles. The average molecular weight is 218 g/mol. The molecule has 0 atom stereocenters. The van der Waals surface area contributed by atoms with E-state index in [2.05, 4.69) is 21.9 Å². The molecule has 84 valence electrons. The highest BCUT2D eigenvalue weighted by atomic mass is 16.5. The van der Waals surface area contributed by atoms with Crippen molar-refractivity contribution >= 4 is 0 Å². The second-order valence-electron chi connectivity index (χ2n) is 3.97. The molecule has 0 saturated carbocycles.